The number of hydrogen-bond acceptors (Lipinski definition) is 0. The maximum Gasteiger partial charge on any atom is 0.416 e. The van der Waals surface area contributed by atoms with Crippen molar-refractivity contribution >= 4 is 0 Å². The molecule has 1 aromatic rings. The zero-order chi connectivity index (χ0) is 12.7. The van der Waals surface area contributed by atoms with Crippen LogP contribution in [-0.4, -0.2) is 0 Å². The van der Waals surface area contributed by atoms with Gasteiger partial charge in [0.05, 0.1) is 11.1 Å². The molecule has 1 aromatic carbocycles. The Hall–Kier alpha value is -1.20. The average molecular weight is 242 g/mol. The van der Waals surface area contributed by atoms with E-state index in [1.54, 1.807) is 0 Å². The summed E-state index contributed by atoms with van der Waals surface area (Å²) < 4.78 is 74.2. The molecule has 0 radical (unpaired) electrons. The van der Waals surface area contributed by atoms with Crippen LogP contribution >= 0.6 is 0 Å². The Kier molecular flexibility index (Phi) is 2.96. The van der Waals surface area contributed by atoms with Gasteiger partial charge in [-0.1, -0.05) is 0 Å². The fourth-order valence-electron chi connectivity index (χ4n) is 1.32. The van der Waals surface area contributed by atoms with E-state index in [1.807, 2.05) is 0 Å². The van der Waals surface area contributed by atoms with Crippen LogP contribution in [0.4, 0.5) is 26.3 Å². The van der Waals surface area contributed by atoms with E-state index >= 15 is 0 Å². The van der Waals surface area contributed by atoms with Crippen LogP contribution in [0.2, 0.25) is 0 Å². The van der Waals surface area contributed by atoms with Crippen molar-refractivity contribution in [2.24, 2.45) is 0 Å². The number of aryl methyl sites for hydroxylation is 1. The van der Waals surface area contributed by atoms with Gasteiger partial charge in [0, 0.05) is 0 Å². The van der Waals surface area contributed by atoms with Crippen molar-refractivity contribution in [3.63, 3.8) is 0 Å². The molecule has 0 N–H and O–H groups in total. The highest BCUT2D eigenvalue weighted by atomic mass is 19.4. The van der Waals surface area contributed by atoms with Crippen LogP contribution in [0, 0.1) is 13.8 Å². The molecule has 0 amide bonds. The van der Waals surface area contributed by atoms with Crippen LogP contribution in [0.5, 0.6) is 0 Å². The van der Waals surface area contributed by atoms with Crippen molar-refractivity contribution in [3.8, 4) is 0 Å². The molecule has 0 unspecified atom stereocenters. The minimum absolute atomic E-state index is 0.0258. The molecule has 6 heteroatoms. The molecule has 0 aromatic heterocycles. The van der Waals surface area contributed by atoms with Gasteiger partial charge in [-0.05, 0) is 37.1 Å². The first-order valence-electron chi connectivity index (χ1n) is 4.29. The zero-order valence-electron chi connectivity index (χ0n) is 8.42. The van der Waals surface area contributed by atoms with Crippen LogP contribution in [0.3, 0.4) is 0 Å². The van der Waals surface area contributed by atoms with E-state index in [0.717, 1.165) is 6.92 Å². The smallest absolute Gasteiger partial charge is 0.166 e. The maximum atomic E-state index is 12.4. The van der Waals surface area contributed by atoms with Gasteiger partial charge < -0.3 is 0 Å². The van der Waals surface area contributed by atoms with E-state index in [4.69, 9.17) is 0 Å². The van der Waals surface area contributed by atoms with E-state index in [0.29, 0.717) is 6.07 Å². The van der Waals surface area contributed by atoms with Gasteiger partial charge in [0.2, 0.25) is 0 Å². The summed E-state index contributed by atoms with van der Waals surface area (Å²) in [6, 6.07) is 0.854. The number of halogens is 6. The SMILES string of the molecule is Cc1cc(C(F)(F)F)cc(C(F)(F)F)c1C. The first-order valence-corrected chi connectivity index (χ1v) is 4.29. The van der Waals surface area contributed by atoms with Gasteiger partial charge >= 0.3 is 12.4 Å². The molecule has 0 fully saturated rings. The summed E-state index contributed by atoms with van der Waals surface area (Å²) in [7, 11) is 0. The molecule has 0 saturated carbocycles. The number of hydrogen-bond donors (Lipinski definition) is 0. The third-order valence-corrected chi connectivity index (χ3v) is 2.30. The van der Waals surface area contributed by atoms with Crippen molar-refractivity contribution in [2.45, 2.75) is 26.2 Å². The summed E-state index contributed by atoms with van der Waals surface area (Å²) in [5, 5.41) is 0. The molecule has 0 aliphatic carbocycles. The molecule has 1 rings (SSSR count). The summed E-state index contributed by atoms with van der Waals surface area (Å²) >= 11 is 0. The monoisotopic (exact) mass is 242 g/mol. The van der Waals surface area contributed by atoms with Crippen molar-refractivity contribution in [1.29, 1.82) is 0 Å². The van der Waals surface area contributed by atoms with E-state index in [9.17, 15) is 26.3 Å². The summed E-state index contributed by atoms with van der Waals surface area (Å²) in [6.07, 6.45) is -9.53. The molecular formula is C10H8F6. The molecule has 0 aliphatic rings. The normalized spacial score (nSPS) is 13.0. The Bertz CT molecular complexity index is 399. The Morgan fingerprint density at radius 3 is 1.69 bits per heavy atom. The minimum Gasteiger partial charge on any atom is -0.166 e. The fraction of sp³-hybridized carbons (Fsp3) is 0.400. The molecule has 0 atom stereocenters. The maximum absolute atomic E-state index is 12.4. The third-order valence-electron chi connectivity index (χ3n) is 2.30. The van der Waals surface area contributed by atoms with Crippen molar-refractivity contribution in [3.05, 3.63) is 34.4 Å². The van der Waals surface area contributed by atoms with Crippen LogP contribution in [0.15, 0.2) is 12.1 Å². The largest absolute Gasteiger partial charge is 0.416 e. The first-order chi connectivity index (χ1) is 7.03. The second kappa shape index (κ2) is 3.68. The summed E-state index contributed by atoms with van der Waals surface area (Å²) in [6.45, 7) is 2.37. The Morgan fingerprint density at radius 2 is 1.31 bits per heavy atom. The molecule has 0 aliphatic heterocycles. The lowest BCUT2D eigenvalue weighted by Crippen LogP contribution is -2.13. The molecule has 0 nitrogen and oxygen atoms in total. The summed E-state index contributed by atoms with van der Waals surface area (Å²) in [4.78, 5) is 0. The average Bonchev–Trinajstić information content (AvgIpc) is 2.05. The van der Waals surface area contributed by atoms with Gasteiger partial charge in [-0.3, -0.25) is 0 Å². The van der Waals surface area contributed by atoms with Gasteiger partial charge in [0.15, 0.2) is 0 Å². The number of benzene rings is 1. The van der Waals surface area contributed by atoms with E-state index in [1.165, 1.54) is 6.92 Å². The Balaban J connectivity index is 3.46. The highest BCUT2D eigenvalue weighted by molar-refractivity contribution is 5.40. The Morgan fingerprint density at radius 1 is 0.812 bits per heavy atom. The first kappa shape index (κ1) is 12.9. The van der Waals surface area contributed by atoms with Gasteiger partial charge in [-0.25, -0.2) is 0 Å². The van der Waals surface area contributed by atoms with Gasteiger partial charge in [-0.2, -0.15) is 26.3 Å². The predicted molar refractivity (Wildman–Crippen MR) is 45.9 cm³/mol. The molecule has 90 valence electrons. The molecular weight excluding hydrogens is 234 g/mol. The molecule has 0 spiro atoms. The summed E-state index contributed by atoms with van der Waals surface area (Å²) in [5.41, 5.74) is -2.72. The molecule has 0 heterocycles. The van der Waals surface area contributed by atoms with Crippen LogP contribution in [0.1, 0.15) is 22.3 Å². The lowest BCUT2D eigenvalue weighted by molar-refractivity contribution is -0.143. The highest BCUT2D eigenvalue weighted by Gasteiger charge is 2.37. The topological polar surface area (TPSA) is 0 Å². The number of alkyl halides is 6. The lowest BCUT2D eigenvalue weighted by atomic mass is 9.99. The standard InChI is InChI=1S/C10H8F6/c1-5-3-7(9(11,12)13)4-8(6(5)2)10(14,15)16/h3-4H,1-2H3. The second-order valence-electron chi connectivity index (χ2n) is 3.46. The van der Waals surface area contributed by atoms with Crippen molar-refractivity contribution in [2.75, 3.05) is 0 Å². The zero-order valence-corrected chi connectivity index (χ0v) is 8.42. The fourth-order valence-corrected chi connectivity index (χ4v) is 1.32. The minimum atomic E-state index is -4.77. The van der Waals surface area contributed by atoms with Gasteiger partial charge in [-0.15, -0.1) is 0 Å². The van der Waals surface area contributed by atoms with Crippen molar-refractivity contribution in [1.82, 2.24) is 0 Å². The molecule has 16 heavy (non-hydrogen) atoms. The van der Waals surface area contributed by atoms with E-state index < -0.39 is 23.5 Å². The summed E-state index contributed by atoms with van der Waals surface area (Å²) in [5.74, 6) is 0. The molecule has 0 bridgehead atoms. The van der Waals surface area contributed by atoms with Crippen LogP contribution in [-0.2, 0) is 12.4 Å². The quantitative estimate of drug-likeness (QED) is 0.593. The van der Waals surface area contributed by atoms with Gasteiger partial charge in [0.1, 0.15) is 0 Å². The second-order valence-corrected chi connectivity index (χ2v) is 3.46. The van der Waals surface area contributed by atoms with Crippen LogP contribution in [0.25, 0.3) is 0 Å². The van der Waals surface area contributed by atoms with Crippen LogP contribution < -0.4 is 0 Å². The van der Waals surface area contributed by atoms with E-state index in [2.05, 4.69) is 0 Å². The highest BCUT2D eigenvalue weighted by Crippen LogP contribution is 2.38. The number of rotatable bonds is 0. The van der Waals surface area contributed by atoms with Gasteiger partial charge in [0.25, 0.3) is 0 Å². The third kappa shape index (κ3) is 2.48. The van der Waals surface area contributed by atoms with E-state index in [-0.39, 0.29) is 17.2 Å². The molecule has 0 saturated heterocycles. The van der Waals surface area contributed by atoms with Crippen molar-refractivity contribution < 1.29 is 26.3 Å². The lowest BCUT2D eigenvalue weighted by Gasteiger charge is -2.16. The Labute approximate surface area is 87.9 Å². The predicted octanol–water partition coefficient (Wildman–Crippen LogP) is 4.34.